The number of carbonyl (C=O) groups is 1. The Balaban J connectivity index is 1.51. The zero-order valence-corrected chi connectivity index (χ0v) is 11.0. The number of fused-ring (bicyclic) bond motifs is 2. The molecule has 0 radical (unpaired) electrons. The summed E-state index contributed by atoms with van der Waals surface area (Å²) in [5.74, 6) is 0.272. The third-order valence-electron chi connectivity index (χ3n) is 3.82. The van der Waals surface area contributed by atoms with Crippen LogP contribution in [0.5, 0.6) is 5.75 Å². The van der Waals surface area contributed by atoms with Crippen molar-refractivity contribution in [2.45, 2.75) is 37.5 Å². The molecule has 1 amide bonds. The van der Waals surface area contributed by atoms with Gasteiger partial charge in [-0.25, -0.2) is 0 Å². The van der Waals surface area contributed by atoms with Gasteiger partial charge in [-0.1, -0.05) is 12.1 Å². The van der Waals surface area contributed by atoms with Crippen LogP contribution in [0.25, 0.3) is 0 Å². The largest absolute Gasteiger partial charge is 0.482 e. The molecule has 20 heavy (non-hydrogen) atoms. The van der Waals surface area contributed by atoms with E-state index < -0.39 is 0 Å². The van der Waals surface area contributed by atoms with Crippen molar-refractivity contribution in [1.29, 1.82) is 5.26 Å². The second-order valence-corrected chi connectivity index (χ2v) is 5.18. The Morgan fingerprint density at radius 2 is 2.30 bits per heavy atom. The molecule has 5 heteroatoms. The van der Waals surface area contributed by atoms with Gasteiger partial charge in [0.25, 0.3) is 5.91 Å². The van der Waals surface area contributed by atoms with E-state index in [-0.39, 0.29) is 24.7 Å². The zero-order chi connectivity index (χ0) is 13.9. The molecule has 104 valence electrons. The highest BCUT2D eigenvalue weighted by Crippen LogP contribution is 2.34. The lowest BCUT2D eigenvalue weighted by molar-refractivity contribution is -0.124. The van der Waals surface area contributed by atoms with Gasteiger partial charge in [0.1, 0.15) is 11.8 Å². The number of nitriles is 1. The minimum absolute atomic E-state index is 0.0768. The summed E-state index contributed by atoms with van der Waals surface area (Å²) in [6.07, 6.45) is 3.49. The Labute approximate surface area is 117 Å². The number of ether oxygens (including phenoxy) is 2. The van der Waals surface area contributed by atoms with Crippen LogP contribution in [0.15, 0.2) is 24.3 Å². The molecule has 3 rings (SSSR count). The summed E-state index contributed by atoms with van der Waals surface area (Å²) in [7, 11) is 0. The summed E-state index contributed by atoms with van der Waals surface area (Å²) in [6, 6.07) is 9.03. The molecule has 2 fully saturated rings. The summed E-state index contributed by atoms with van der Waals surface area (Å²) >= 11 is 0. The first-order valence-corrected chi connectivity index (χ1v) is 6.83. The standard InChI is InChI=1S/C15H16N2O3/c16-8-10-3-1-2-4-13(10)19-9-15(18)17-12-7-11-5-6-14(12)20-11/h1-4,11-12,14H,5-7,9H2,(H,17,18). The fraction of sp³-hybridized carbons (Fsp3) is 0.467. The van der Waals surface area contributed by atoms with E-state index in [2.05, 4.69) is 5.32 Å². The minimum atomic E-state index is -0.168. The maximum Gasteiger partial charge on any atom is 0.258 e. The van der Waals surface area contributed by atoms with Crippen LogP contribution in [0.1, 0.15) is 24.8 Å². The fourth-order valence-corrected chi connectivity index (χ4v) is 2.87. The van der Waals surface area contributed by atoms with Gasteiger partial charge >= 0.3 is 0 Å². The predicted octanol–water partition coefficient (Wildman–Crippen LogP) is 1.37. The van der Waals surface area contributed by atoms with E-state index in [9.17, 15) is 4.79 Å². The molecule has 1 aromatic carbocycles. The molecule has 2 saturated heterocycles. The quantitative estimate of drug-likeness (QED) is 0.898. The van der Waals surface area contributed by atoms with Gasteiger partial charge in [0, 0.05) is 0 Å². The molecule has 0 spiro atoms. The lowest BCUT2D eigenvalue weighted by Gasteiger charge is -2.20. The summed E-state index contributed by atoms with van der Waals surface area (Å²) < 4.78 is 11.1. The number of hydrogen-bond donors (Lipinski definition) is 1. The number of benzene rings is 1. The summed E-state index contributed by atoms with van der Waals surface area (Å²) in [5.41, 5.74) is 0.434. The van der Waals surface area contributed by atoms with E-state index in [1.807, 2.05) is 6.07 Å². The summed E-state index contributed by atoms with van der Waals surface area (Å²) in [5, 5.41) is 11.9. The summed E-state index contributed by atoms with van der Waals surface area (Å²) in [4.78, 5) is 11.9. The SMILES string of the molecule is N#Cc1ccccc1OCC(=O)NC1CC2CCC1O2. The highest BCUT2D eigenvalue weighted by Gasteiger charge is 2.41. The van der Waals surface area contributed by atoms with E-state index >= 15 is 0 Å². The van der Waals surface area contributed by atoms with E-state index in [1.165, 1.54) is 0 Å². The van der Waals surface area contributed by atoms with Gasteiger partial charge in [0.05, 0.1) is 23.8 Å². The van der Waals surface area contributed by atoms with Gasteiger partial charge in [0.15, 0.2) is 6.61 Å². The molecule has 2 aliphatic heterocycles. The van der Waals surface area contributed by atoms with Gasteiger partial charge in [-0.15, -0.1) is 0 Å². The molecule has 2 aliphatic rings. The average Bonchev–Trinajstić information content (AvgIpc) is 3.08. The Morgan fingerprint density at radius 3 is 3.00 bits per heavy atom. The average molecular weight is 272 g/mol. The van der Waals surface area contributed by atoms with Gasteiger partial charge in [-0.2, -0.15) is 5.26 Å². The normalized spacial score (nSPS) is 27.1. The number of nitrogens with zero attached hydrogens (tertiary/aromatic N) is 1. The first-order chi connectivity index (χ1) is 9.76. The number of amides is 1. The van der Waals surface area contributed by atoms with Gasteiger partial charge in [-0.05, 0) is 31.4 Å². The predicted molar refractivity (Wildman–Crippen MR) is 71.1 cm³/mol. The smallest absolute Gasteiger partial charge is 0.258 e. The molecule has 0 aliphatic carbocycles. The lowest BCUT2D eigenvalue weighted by Crippen LogP contribution is -2.43. The van der Waals surface area contributed by atoms with Crippen molar-refractivity contribution in [3.05, 3.63) is 29.8 Å². The van der Waals surface area contributed by atoms with Crippen molar-refractivity contribution in [3.8, 4) is 11.8 Å². The maximum atomic E-state index is 11.9. The van der Waals surface area contributed by atoms with E-state index in [0.29, 0.717) is 17.4 Å². The summed E-state index contributed by atoms with van der Waals surface area (Å²) in [6.45, 7) is -0.0768. The van der Waals surface area contributed by atoms with Crippen LogP contribution < -0.4 is 10.1 Å². The van der Waals surface area contributed by atoms with Gasteiger partial charge < -0.3 is 14.8 Å². The molecule has 3 atom stereocenters. The number of hydrogen-bond acceptors (Lipinski definition) is 4. The monoisotopic (exact) mass is 272 g/mol. The molecule has 2 bridgehead atoms. The Kier molecular flexibility index (Phi) is 3.57. The van der Waals surface area contributed by atoms with Crippen LogP contribution in [0.3, 0.4) is 0 Å². The Morgan fingerprint density at radius 1 is 1.45 bits per heavy atom. The molecular weight excluding hydrogens is 256 g/mol. The molecule has 1 N–H and O–H groups in total. The van der Waals surface area contributed by atoms with E-state index in [0.717, 1.165) is 19.3 Å². The van der Waals surface area contributed by atoms with Crippen LogP contribution in [0.4, 0.5) is 0 Å². The van der Waals surface area contributed by atoms with Crippen molar-refractivity contribution in [1.82, 2.24) is 5.32 Å². The van der Waals surface area contributed by atoms with Gasteiger partial charge in [-0.3, -0.25) is 4.79 Å². The molecule has 2 heterocycles. The zero-order valence-electron chi connectivity index (χ0n) is 11.0. The van der Waals surface area contributed by atoms with Crippen molar-refractivity contribution in [2.75, 3.05) is 6.61 Å². The second kappa shape index (κ2) is 5.51. The number of rotatable bonds is 4. The first kappa shape index (κ1) is 12.9. The Bertz CT molecular complexity index is 552. The maximum absolute atomic E-state index is 11.9. The number of nitrogens with one attached hydrogen (secondary N) is 1. The van der Waals surface area contributed by atoms with E-state index in [4.69, 9.17) is 14.7 Å². The molecule has 3 unspecified atom stereocenters. The van der Waals surface area contributed by atoms with Crippen LogP contribution in [-0.2, 0) is 9.53 Å². The van der Waals surface area contributed by atoms with Crippen molar-refractivity contribution in [3.63, 3.8) is 0 Å². The number of carbonyl (C=O) groups excluding carboxylic acids is 1. The molecular formula is C15H16N2O3. The van der Waals surface area contributed by atoms with Crippen LogP contribution >= 0.6 is 0 Å². The molecule has 0 aromatic heterocycles. The molecule has 5 nitrogen and oxygen atoms in total. The van der Waals surface area contributed by atoms with Gasteiger partial charge in [0.2, 0.25) is 0 Å². The van der Waals surface area contributed by atoms with Crippen LogP contribution in [-0.4, -0.2) is 30.8 Å². The topological polar surface area (TPSA) is 71.3 Å². The van der Waals surface area contributed by atoms with Crippen molar-refractivity contribution < 1.29 is 14.3 Å². The second-order valence-electron chi connectivity index (χ2n) is 5.18. The van der Waals surface area contributed by atoms with Crippen molar-refractivity contribution in [2.24, 2.45) is 0 Å². The van der Waals surface area contributed by atoms with Crippen molar-refractivity contribution >= 4 is 5.91 Å². The van der Waals surface area contributed by atoms with E-state index in [1.54, 1.807) is 24.3 Å². The highest BCUT2D eigenvalue weighted by atomic mass is 16.5. The molecule has 1 aromatic rings. The molecule has 0 saturated carbocycles. The van der Waals surface area contributed by atoms with Crippen LogP contribution in [0, 0.1) is 11.3 Å². The highest BCUT2D eigenvalue weighted by molar-refractivity contribution is 5.78. The minimum Gasteiger partial charge on any atom is -0.482 e. The fourth-order valence-electron chi connectivity index (χ4n) is 2.87. The third-order valence-corrected chi connectivity index (χ3v) is 3.82. The lowest BCUT2D eigenvalue weighted by atomic mass is 9.95. The van der Waals surface area contributed by atoms with Crippen LogP contribution in [0.2, 0.25) is 0 Å². The number of para-hydroxylation sites is 1. The third kappa shape index (κ3) is 2.61. The Hall–Kier alpha value is -2.06. The first-order valence-electron chi connectivity index (χ1n) is 6.83.